The highest BCUT2D eigenvalue weighted by atomic mass is 79.9. The molecule has 7 nitrogen and oxygen atoms in total. The van der Waals surface area contributed by atoms with E-state index in [9.17, 15) is 8.42 Å². The average Bonchev–Trinajstić information content (AvgIpc) is 2.98. The number of halogens is 1. The molecular weight excluding hydrogens is 468 g/mol. The van der Waals surface area contributed by atoms with Gasteiger partial charge in [0.15, 0.2) is 5.82 Å². The number of anilines is 1. The Labute approximate surface area is 184 Å². The third-order valence-electron chi connectivity index (χ3n) is 5.00. The quantitative estimate of drug-likeness (QED) is 0.543. The lowest BCUT2D eigenvalue weighted by atomic mass is 10.2. The molecule has 1 aliphatic heterocycles. The van der Waals surface area contributed by atoms with Gasteiger partial charge >= 0.3 is 0 Å². The van der Waals surface area contributed by atoms with E-state index in [1.165, 1.54) is 12.5 Å². The Bertz CT molecular complexity index is 1140. The molecule has 2 aromatic carbocycles. The molecule has 4 rings (SSSR count). The van der Waals surface area contributed by atoms with E-state index in [0.717, 1.165) is 43.0 Å². The van der Waals surface area contributed by atoms with Gasteiger partial charge in [-0.25, -0.2) is 8.42 Å². The van der Waals surface area contributed by atoms with Crippen LogP contribution in [0.3, 0.4) is 0 Å². The second-order valence-electron chi connectivity index (χ2n) is 7.11. The van der Waals surface area contributed by atoms with Gasteiger partial charge in [-0.15, -0.1) is 10.2 Å². The maximum atomic E-state index is 13.0. The van der Waals surface area contributed by atoms with E-state index < -0.39 is 10.0 Å². The van der Waals surface area contributed by atoms with E-state index >= 15 is 0 Å². The van der Waals surface area contributed by atoms with Crippen molar-refractivity contribution in [3.8, 4) is 17.1 Å². The Kier molecular flexibility index (Phi) is 6.10. The first-order valence-electron chi connectivity index (χ1n) is 9.95. The standard InChI is InChI=1S/C21H23BrN4O3S/c1-2-29-18-12-9-16(22)14-19(18)30(27,28)25-17-10-7-15(8-11-17)21-24-23-20-6-4-3-5-13-26(20)21/h7-12,14,25H,2-6,13H2,1H3. The lowest BCUT2D eigenvalue weighted by Crippen LogP contribution is -2.14. The fourth-order valence-corrected chi connectivity index (χ4v) is 5.31. The van der Waals surface area contributed by atoms with Crippen LogP contribution in [0.15, 0.2) is 51.8 Å². The third-order valence-corrected chi connectivity index (χ3v) is 6.90. The number of benzene rings is 2. The van der Waals surface area contributed by atoms with Crippen LogP contribution in [-0.4, -0.2) is 29.8 Å². The Morgan fingerprint density at radius 2 is 1.90 bits per heavy atom. The van der Waals surface area contributed by atoms with Crippen molar-refractivity contribution < 1.29 is 13.2 Å². The minimum Gasteiger partial charge on any atom is -0.492 e. The first-order chi connectivity index (χ1) is 14.5. The molecule has 30 heavy (non-hydrogen) atoms. The van der Waals surface area contributed by atoms with E-state index in [1.807, 2.05) is 19.1 Å². The van der Waals surface area contributed by atoms with Gasteiger partial charge in [0.2, 0.25) is 0 Å². The third kappa shape index (κ3) is 4.37. The van der Waals surface area contributed by atoms with Gasteiger partial charge in [0.1, 0.15) is 16.5 Å². The molecule has 158 valence electrons. The molecular formula is C21H23BrN4O3S. The molecule has 1 N–H and O–H groups in total. The van der Waals surface area contributed by atoms with Crippen LogP contribution < -0.4 is 9.46 Å². The molecule has 1 aromatic heterocycles. The number of rotatable bonds is 6. The monoisotopic (exact) mass is 490 g/mol. The van der Waals surface area contributed by atoms with Gasteiger partial charge in [0.05, 0.1) is 6.61 Å². The SMILES string of the molecule is CCOc1ccc(Br)cc1S(=O)(=O)Nc1ccc(-c2nnc3n2CCCCC3)cc1. The first kappa shape index (κ1) is 20.9. The molecule has 2 heterocycles. The number of hydrogen-bond acceptors (Lipinski definition) is 5. The number of fused-ring (bicyclic) bond motifs is 1. The molecule has 1 aliphatic rings. The van der Waals surface area contributed by atoms with Crippen molar-refractivity contribution >= 4 is 31.6 Å². The zero-order valence-corrected chi connectivity index (χ0v) is 19.0. The number of sulfonamides is 1. The molecule has 0 bridgehead atoms. The van der Waals surface area contributed by atoms with Gasteiger partial charge in [-0.1, -0.05) is 22.4 Å². The number of aromatic nitrogens is 3. The average molecular weight is 491 g/mol. The summed E-state index contributed by atoms with van der Waals surface area (Å²) in [6.45, 7) is 3.10. The van der Waals surface area contributed by atoms with Crippen molar-refractivity contribution in [1.29, 1.82) is 0 Å². The summed E-state index contributed by atoms with van der Waals surface area (Å²) in [5.41, 5.74) is 1.38. The Balaban J connectivity index is 1.59. The predicted octanol–water partition coefficient (Wildman–Crippen LogP) is 4.63. The maximum absolute atomic E-state index is 13.0. The molecule has 3 aromatic rings. The fraction of sp³-hybridized carbons (Fsp3) is 0.333. The van der Waals surface area contributed by atoms with E-state index in [-0.39, 0.29) is 4.90 Å². The second-order valence-corrected chi connectivity index (χ2v) is 9.68. The van der Waals surface area contributed by atoms with E-state index in [2.05, 4.69) is 35.4 Å². The summed E-state index contributed by atoms with van der Waals surface area (Å²) in [6, 6.07) is 12.1. The Morgan fingerprint density at radius 1 is 1.10 bits per heavy atom. The van der Waals surface area contributed by atoms with Crippen molar-refractivity contribution in [2.45, 2.75) is 44.0 Å². The van der Waals surface area contributed by atoms with Crippen LogP contribution in [0.2, 0.25) is 0 Å². The molecule has 0 atom stereocenters. The van der Waals surface area contributed by atoms with Crippen LogP contribution in [-0.2, 0) is 23.0 Å². The molecule has 0 fully saturated rings. The molecule has 0 amide bonds. The largest absolute Gasteiger partial charge is 0.492 e. The predicted molar refractivity (Wildman–Crippen MR) is 119 cm³/mol. The summed E-state index contributed by atoms with van der Waals surface area (Å²) in [6.07, 6.45) is 4.39. The van der Waals surface area contributed by atoms with Crippen LogP contribution in [0.5, 0.6) is 5.75 Å². The van der Waals surface area contributed by atoms with Gasteiger partial charge in [-0.05, 0) is 62.2 Å². The highest BCUT2D eigenvalue weighted by molar-refractivity contribution is 9.10. The summed E-state index contributed by atoms with van der Waals surface area (Å²) in [5.74, 6) is 2.16. The topological polar surface area (TPSA) is 86.1 Å². The number of ether oxygens (including phenoxy) is 1. The fourth-order valence-electron chi connectivity index (χ4n) is 3.56. The second kappa shape index (κ2) is 8.77. The van der Waals surface area contributed by atoms with Crippen LogP contribution in [0.4, 0.5) is 5.69 Å². The van der Waals surface area contributed by atoms with Crippen LogP contribution in [0.25, 0.3) is 11.4 Å². The summed E-state index contributed by atoms with van der Waals surface area (Å²) in [7, 11) is -3.81. The van der Waals surface area contributed by atoms with Crippen LogP contribution in [0.1, 0.15) is 32.0 Å². The minimum atomic E-state index is -3.81. The van der Waals surface area contributed by atoms with Crippen molar-refractivity contribution in [2.75, 3.05) is 11.3 Å². The normalized spacial score (nSPS) is 14.1. The highest BCUT2D eigenvalue weighted by Crippen LogP contribution is 2.30. The highest BCUT2D eigenvalue weighted by Gasteiger charge is 2.21. The zero-order chi connectivity index (χ0) is 21.1. The molecule has 0 aliphatic carbocycles. The summed E-state index contributed by atoms with van der Waals surface area (Å²) in [4.78, 5) is 0.0885. The molecule has 0 saturated heterocycles. The van der Waals surface area contributed by atoms with Gasteiger partial charge in [0, 0.05) is 28.7 Å². The molecule has 0 radical (unpaired) electrons. The number of nitrogens with one attached hydrogen (secondary N) is 1. The van der Waals surface area contributed by atoms with Crippen molar-refractivity contribution in [2.24, 2.45) is 0 Å². The van der Waals surface area contributed by atoms with E-state index in [0.29, 0.717) is 22.5 Å². The smallest absolute Gasteiger partial charge is 0.265 e. The Hall–Kier alpha value is -2.39. The zero-order valence-electron chi connectivity index (χ0n) is 16.6. The molecule has 0 spiro atoms. The lowest BCUT2D eigenvalue weighted by molar-refractivity contribution is 0.331. The van der Waals surface area contributed by atoms with E-state index in [1.54, 1.807) is 24.3 Å². The number of aryl methyl sites for hydroxylation is 1. The minimum absolute atomic E-state index is 0.0885. The molecule has 0 saturated carbocycles. The Morgan fingerprint density at radius 3 is 2.67 bits per heavy atom. The maximum Gasteiger partial charge on any atom is 0.265 e. The lowest BCUT2D eigenvalue weighted by Gasteiger charge is -2.13. The number of nitrogens with zero attached hydrogens (tertiary/aromatic N) is 3. The first-order valence-corrected chi connectivity index (χ1v) is 12.2. The van der Waals surface area contributed by atoms with Gasteiger partial charge in [-0.3, -0.25) is 4.72 Å². The van der Waals surface area contributed by atoms with Gasteiger partial charge < -0.3 is 9.30 Å². The van der Waals surface area contributed by atoms with Gasteiger partial charge in [-0.2, -0.15) is 0 Å². The van der Waals surface area contributed by atoms with Crippen molar-refractivity contribution in [3.05, 3.63) is 52.8 Å². The van der Waals surface area contributed by atoms with Crippen LogP contribution in [0, 0.1) is 0 Å². The van der Waals surface area contributed by atoms with Gasteiger partial charge in [0.25, 0.3) is 10.0 Å². The van der Waals surface area contributed by atoms with Crippen molar-refractivity contribution in [3.63, 3.8) is 0 Å². The molecule has 0 unspecified atom stereocenters. The summed E-state index contributed by atoms with van der Waals surface area (Å²) in [5, 5.41) is 8.69. The van der Waals surface area contributed by atoms with Crippen molar-refractivity contribution in [1.82, 2.24) is 14.8 Å². The number of hydrogen-bond donors (Lipinski definition) is 1. The summed E-state index contributed by atoms with van der Waals surface area (Å²) < 4.78 is 36.9. The van der Waals surface area contributed by atoms with Crippen LogP contribution >= 0.6 is 15.9 Å². The molecule has 9 heteroatoms. The summed E-state index contributed by atoms with van der Waals surface area (Å²) >= 11 is 3.33. The van der Waals surface area contributed by atoms with E-state index in [4.69, 9.17) is 4.74 Å².